The number of hydrogen-bond donors (Lipinski definition) is 1. The van der Waals surface area contributed by atoms with Crippen molar-refractivity contribution in [3.05, 3.63) is 42.5 Å². The summed E-state index contributed by atoms with van der Waals surface area (Å²) >= 11 is 0. The van der Waals surface area contributed by atoms with Crippen LogP contribution in [0, 0.1) is 0 Å². The summed E-state index contributed by atoms with van der Waals surface area (Å²) in [5.74, 6) is 0. The summed E-state index contributed by atoms with van der Waals surface area (Å²) in [6.07, 6.45) is 3.14. The van der Waals surface area contributed by atoms with Crippen LogP contribution in [0.4, 0.5) is 0 Å². The predicted molar refractivity (Wildman–Crippen MR) is 91.4 cm³/mol. The second-order valence-corrected chi connectivity index (χ2v) is 6.82. The van der Waals surface area contributed by atoms with E-state index in [1.54, 1.807) is 12.1 Å². The van der Waals surface area contributed by atoms with Crippen molar-refractivity contribution in [2.45, 2.75) is 10.9 Å². The maximum Gasteiger partial charge on any atom is 0.175 e. The first kappa shape index (κ1) is 20.4. The molecule has 7 heteroatoms. The fourth-order valence-corrected chi connectivity index (χ4v) is 3.00. The molecule has 0 saturated carbocycles. The van der Waals surface area contributed by atoms with E-state index in [0.717, 1.165) is 31.7 Å². The molecule has 1 N–H and O–H groups in total. The first-order valence-corrected chi connectivity index (χ1v) is 8.29. The van der Waals surface area contributed by atoms with Crippen LogP contribution in [0.25, 0.3) is 0 Å². The molecule has 1 atom stereocenters. The van der Waals surface area contributed by atoms with E-state index in [2.05, 4.69) is 16.8 Å². The lowest BCUT2D eigenvalue weighted by Gasteiger charge is -2.33. The molecule has 1 aliphatic rings. The van der Waals surface area contributed by atoms with Crippen molar-refractivity contribution in [1.29, 1.82) is 0 Å². The average molecular weight is 353 g/mol. The first-order chi connectivity index (χ1) is 9.02. The van der Waals surface area contributed by atoms with E-state index in [9.17, 15) is 8.42 Å². The minimum atomic E-state index is -3.13. The Kier molecular flexibility index (Phi) is 8.51. The number of rotatable bonds is 4. The van der Waals surface area contributed by atoms with E-state index < -0.39 is 9.84 Å². The molecular formula is C14H22Cl2N2O2S. The van der Waals surface area contributed by atoms with Crippen LogP contribution < -0.4 is 5.32 Å². The molecule has 21 heavy (non-hydrogen) atoms. The van der Waals surface area contributed by atoms with Crippen molar-refractivity contribution < 1.29 is 8.42 Å². The van der Waals surface area contributed by atoms with Crippen molar-refractivity contribution in [2.75, 3.05) is 32.4 Å². The number of piperazine rings is 1. The highest BCUT2D eigenvalue weighted by Gasteiger charge is 2.19. The van der Waals surface area contributed by atoms with Crippen molar-refractivity contribution in [1.82, 2.24) is 10.2 Å². The number of halogens is 2. The van der Waals surface area contributed by atoms with E-state index >= 15 is 0 Å². The molecule has 1 heterocycles. The number of sulfone groups is 1. The summed E-state index contributed by atoms with van der Waals surface area (Å²) in [5, 5.41) is 3.32. The summed E-state index contributed by atoms with van der Waals surface area (Å²) in [6.45, 7) is 7.81. The van der Waals surface area contributed by atoms with Gasteiger partial charge >= 0.3 is 0 Å². The molecule has 0 aromatic heterocycles. The van der Waals surface area contributed by atoms with Gasteiger partial charge in [0.2, 0.25) is 0 Å². The Balaban J connectivity index is 0.00000200. The smallest absolute Gasteiger partial charge is 0.175 e. The SMILES string of the molecule is C=C[C@@H](c1ccc(S(C)(=O)=O)cc1)N1CCNCC1.Cl.Cl. The Morgan fingerprint density at radius 1 is 1.19 bits per heavy atom. The zero-order chi connectivity index (χ0) is 13.9. The minimum Gasteiger partial charge on any atom is -0.314 e. The van der Waals surface area contributed by atoms with Crippen molar-refractivity contribution >= 4 is 34.7 Å². The fraction of sp³-hybridized carbons (Fsp3) is 0.429. The van der Waals surface area contributed by atoms with Crippen LogP contribution in [-0.4, -0.2) is 45.8 Å². The van der Waals surface area contributed by atoms with Crippen LogP contribution in [0.3, 0.4) is 0 Å². The van der Waals surface area contributed by atoms with Crippen molar-refractivity contribution in [2.24, 2.45) is 0 Å². The van der Waals surface area contributed by atoms with E-state index in [4.69, 9.17) is 0 Å². The molecule has 0 amide bonds. The zero-order valence-electron chi connectivity index (χ0n) is 12.0. The Bertz CT molecular complexity index is 541. The lowest BCUT2D eigenvalue weighted by Crippen LogP contribution is -2.44. The fourth-order valence-electron chi connectivity index (χ4n) is 2.37. The second kappa shape index (κ2) is 8.76. The van der Waals surface area contributed by atoms with Gasteiger partial charge in [-0.05, 0) is 17.7 Å². The predicted octanol–water partition coefficient (Wildman–Crippen LogP) is 2.07. The Morgan fingerprint density at radius 2 is 1.71 bits per heavy atom. The summed E-state index contributed by atoms with van der Waals surface area (Å²) in [4.78, 5) is 2.71. The molecule has 0 aliphatic carbocycles. The van der Waals surface area contributed by atoms with Gasteiger partial charge in [-0.3, -0.25) is 4.90 Å². The molecule has 0 bridgehead atoms. The van der Waals surface area contributed by atoms with Gasteiger partial charge in [0.15, 0.2) is 9.84 Å². The third-order valence-electron chi connectivity index (χ3n) is 3.42. The molecular weight excluding hydrogens is 331 g/mol. The van der Waals surface area contributed by atoms with Crippen molar-refractivity contribution in [3.63, 3.8) is 0 Å². The molecule has 0 unspecified atom stereocenters. The van der Waals surface area contributed by atoms with Crippen LogP contribution in [0.1, 0.15) is 11.6 Å². The van der Waals surface area contributed by atoms with Gasteiger partial charge in [-0.15, -0.1) is 31.4 Å². The Morgan fingerprint density at radius 3 is 2.14 bits per heavy atom. The Hall–Kier alpha value is -0.590. The molecule has 0 spiro atoms. The summed E-state index contributed by atoms with van der Waals surface area (Å²) in [6, 6.07) is 7.25. The molecule has 120 valence electrons. The molecule has 2 rings (SSSR count). The molecule has 1 aromatic rings. The van der Waals surface area contributed by atoms with Gasteiger partial charge in [0.1, 0.15) is 0 Å². The molecule has 1 fully saturated rings. The monoisotopic (exact) mass is 352 g/mol. The van der Waals surface area contributed by atoms with Crippen LogP contribution in [0.5, 0.6) is 0 Å². The third kappa shape index (κ3) is 5.27. The number of hydrogen-bond acceptors (Lipinski definition) is 4. The van der Waals surface area contributed by atoms with Gasteiger partial charge in [0.05, 0.1) is 10.9 Å². The van der Waals surface area contributed by atoms with Crippen LogP contribution in [0.15, 0.2) is 41.8 Å². The summed E-state index contributed by atoms with van der Waals surface area (Å²) < 4.78 is 22.9. The Labute approximate surface area is 139 Å². The highest BCUT2D eigenvalue weighted by Crippen LogP contribution is 2.23. The number of nitrogens with one attached hydrogen (secondary N) is 1. The zero-order valence-corrected chi connectivity index (χ0v) is 14.4. The number of nitrogens with zero attached hydrogens (tertiary/aromatic N) is 1. The number of benzene rings is 1. The van der Waals surface area contributed by atoms with Gasteiger partial charge in [-0.1, -0.05) is 18.2 Å². The molecule has 1 saturated heterocycles. The van der Waals surface area contributed by atoms with Gasteiger partial charge in [0, 0.05) is 32.4 Å². The highest BCUT2D eigenvalue weighted by molar-refractivity contribution is 7.90. The van der Waals surface area contributed by atoms with Crippen LogP contribution in [-0.2, 0) is 9.84 Å². The highest BCUT2D eigenvalue weighted by atomic mass is 35.5. The van der Waals surface area contributed by atoms with Gasteiger partial charge < -0.3 is 5.32 Å². The largest absolute Gasteiger partial charge is 0.314 e. The summed E-state index contributed by atoms with van der Waals surface area (Å²) in [7, 11) is -3.13. The van der Waals surface area contributed by atoms with E-state index in [1.165, 1.54) is 6.26 Å². The topological polar surface area (TPSA) is 49.4 Å². The standard InChI is InChI=1S/C14H20N2O2S.2ClH/c1-3-14(16-10-8-15-9-11-16)12-4-6-13(7-5-12)19(2,17)18;;/h3-7,14-15H,1,8-11H2,2H3;2*1H/t14-;;/m0../s1. The van der Waals surface area contributed by atoms with E-state index in [0.29, 0.717) is 4.90 Å². The first-order valence-electron chi connectivity index (χ1n) is 6.40. The molecule has 1 aliphatic heterocycles. The molecule has 0 radical (unpaired) electrons. The van der Waals surface area contributed by atoms with Gasteiger partial charge in [-0.2, -0.15) is 0 Å². The lowest BCUT2D eigenvalue weighted by molar-refractivity contribution is 0.203. The second-order valence-electron chi connectivity index (χ2n) is 4.81. The third-order valence-corrected chi connectivity index (χ3v) is 4.55. The maximum atomic E-state index is 11.4. The normalized spacial score (nSPS) is 17.2. The lowest BCUT2D eigenvalue weighted by atomic mass is 10.0. The van der Waals surface area contributed by atoms with Gasteiger partial charge in [0.25, 0.3) is 0 Å². The van der Waals surface area contributed by atoms with E-state index in [1.807, 2.05) is 18.2 Å². The average Bonchev–Trinajstić information content (AvgIpc) is 2.40. The van der Waals surface area contributed by atoms with Crippen LogP contribution >= 0.6 is 24.8 Å². The van der Waals surface area contributed by atoms with E-state index in [-0.39, 0.29) is 30.9 Å². The quantitative estimate of drug-likeness (QED) is 0.842. The minimum absolute atomic E-state index is 0. The van der Waals surface area contributed by atoms with Crippen LogP contribution in [0.2, 0.25) is 0 Å². The van der Waals surface area contributed by atoms with Crippen molar-refractivity contribution in [3.8, 4) is 0 Å². The molecule has 1 aromatic carbocycles. The van der Waals surface area contributed by atoms with Gasteiger partial charge in [-0.25, -0.2) is 8.42 Å². The molecule has 4 nitrogen and oxygen atoms in total. The maximum absolute atomic E-state index is 11.4. The summed E-state index contributed by atoms with van der Waals surface area (Å²) in [5.41, 5.74) is 1.09.